The van der Waals surface area contributed by atoms with E-state index in [0.29, 0.717) is 23.6 Å². The Bertz CT molecular complexity index is 648. The van der Waals surface area contributed by atoms with Crippen LogP contribution in [-0.2, 0) is 0 Å². The van der Waals surface area contributed by atoms with Crippen molar-refractivity contribution in [3.05, 3.63) is 23.5 Å². The molecule has 1 saturated heterocycles. The van der Waals surface area contributed by atoms with E-state index in [0.717, 1.165) is 37.6 Å². The van der Waals surface area contributed by atoms with Crippen molar-refractivity contribution >= 4 is 0 Å². The zero-order valence-electron chi connectivity index (χ0n) is 13.0. The Morgan fingerprint density at radius 3 is 2.77 bits per heavy atom. The van der Waals surface area contributed by atoms with Crippen LogP contribution in [0.1, 0.15) is 74.0 Å². The van der Waals surface area contributed by atoms with E-state index < -0.39 is 0 Å². The number of piperidine rings is 1. The molecule has 0 N–H and O–H groups in total. The number of hydrogen-bond donors (Lipinski definition) is 0. The van der Waals surface area contributed by atoms with Gasteiger partial charge in [0.1, 0.15) is 0 Å². The van der Waals surface area contributed by atoms with E-state index in [1.165, 1.54) is 12.8 Å². The number of likely N-dealkylation sites (tertiary alicyclic amines) is 1. The van der Waals surface area contributed by atoms with Crippen LogP contribution < -0.4 is 0 Å². The average molecular weight is 303 g/mol. The summed E-state index contributed by atoms with van der Waals surface area (Å²) in [5.41, 5.74) is 0. The summed E-state index contributed by atoms with van der Waals surface area (Å²) in [5.74, 6) is 3.83. The van der Waals surface area contributed by atoms with Crippen LogP contribution in [0.5, 0.6) is 0 Å². The molecule has 1 aliphatic heterocycles. The Morgan fingerprint density at radius 1 is 1.18 bits per heavy atom. The number of rotatable bonds is 4. The van der Waals surface area contributed by atoms with Crippen molar-refractivity contribution in [2.24, 2.45) is 0 Å². The smallest absolute Gasteiger partial charge is 0.233 e. The molecule has 0 bridgehead atoms. The molecule has 118 valence electrons. The van der Waals surface area contributed by atoms with E-state index >= 15 is 0 Å². The van der Waals surface area contributed by atoms with Gasteiger partial charge in [-0.3, -0.25) is 4.90 Å². The highest BCUT2D eigenvalue weighted by Crippen LogP contribution is 2.40. The van der Waals surface area contributed by atoms with E-state index in [9.17, 15) is 0 Å². The monoisotopic (exact) mass is 303 g/mol. The first-order valence-corrected chi connectivity index (χ1v) is 8.08. The lowest BCUT2D eigenvalue weighted by molar-refractivity contribution is 0.135. The molecule has 0 unspecified atom stereocenters. The summed E-state index contributed by atoms with van der Waals surface area (Å²) in [6.07, 6.45) is 4.60. The van der Waals surface area contributed by atoms with Gasteiger partial charge in [0.25, 0.3) is 0 Å². The Labute approximate surface area is 129 Å². The number of aromatic nitrogens is 4. The van der Waals surface area contributed by atoms with Crippen molar-refractivity contribution in [2.75, 3.05) is 13.1 Å². The molecule has 7 heteroatoms. The van der Waals surface area contributed by atoms with Crippen LogP contribution in [0.25, 0.3) is 0 Å². The Balaban J connectivity index is 1.46. The van der Waals surface area contributed by atoms with Crippen LogP contribution in [0.4, 0.5) is 0 Å². The highest BCUT2D eigenvalue weighted by atomic mass is 16.5. The second-order valence-electron chi connectivity index (χ2n) is 6.43. The Morgan fingerprint density at radius 2 is 2.05 bits per heavy atom. The molecule has 2 fully saturated rings. The number of aryl methyl sites for hydroxylation is 1. The fraction of sp³-hybridized carbons (Fsp3) is 0.733. The van der Waals surface area contributed by atoms with Gasteiger partial charge in [0.05, 0.1) is 6.04 Å². The van der Waals surface area contributed by atoms with Crippen molar-refractivity contribution in [2.45, 2.75) is 57.4 Å². The highest BCUT2D eigenvalue weighted by molar-refractivity contribution is 5.06. The summed E-state index contributed by atoms with van der Waals surface area (Å²) in [5, 5.41) is 12.3. The predicted molar refractivity (Wildman–Crippen MR) is 77.3 cm³/mol. The lowest BCUT2D eigenvalue weighted by atomic mass is 9.96. The van der Waals surface area contributed by atoms with Gasteiger partial charge in [-0.1, -0.05) is 5.16 Å². The molecule has 7 nitrogen and oxygen atoms in total. The summed E-state index contributed by atoms with van der Waals surface area (Å²) in [4.78, 5) is 6.98. The maximum Gasteiger partial charge on any atom is 0.233 e. The molecule has 0 radical (unpaired) electrons. The molecule has 0 spiro atoms. The molecule has 2 atom stereocenters. The molecule has 1 saturated carbocycles. The molecule has 2 aromatic heterocycles. The SMILES string of the molecule is Cc1nnc([C@H](C)N2CCC[C@@H](c3noc(C4CC4)n3)C2)o1. The van der Waals surface area contributed by atoms with Gasteiger partial charge in [-0.05, 0) is 39.2 Å². The molecule has 22 heavy (non-hydrogen) atoms. The van der Waals surface area contributed by atoms with Crippen molar-refractivity contribution in [1.82, 2.24) is 25.2 Å². The maximum absolute atomic E-state index is 5.57. The summed E-state index contributed by atoms with van der Waals surface area (Å²) < 4.78 is 11.0. The van der Waals surface area contributed by atoms with Crippen LogP contribution in [0.15, 0.2) is 8.94 Å². The van der Waals surface area contributed by atoms with Gasteiger partial charge in [0.15, 0.2) is 5.82 Å². The molecule has 2 aromatic rings. The topological polar surface area (TPSA) is 81.1 Å². The third kappa shape index (κ3) is 2.65. The van der Waals surface area contributed by atoms with E-state index in [-0.39, 0.29) is 6.04 Å². The molecule has 0 aromatic carbocycles. The molecule has 4 rings (SSSR count). The van der Waals surface area contributed by atoms with Crippen LogP contribution >= 0.6 is 0 Å². The molecular formula is C15H21N5O2. The van der Waals surface area contributed by atoms with Gasteiger partial charge in [-0.2, -0.15) is 4.98 Å². The second-order valence-corrected chi connectivity index (χ2v) is 6.43. The summed E-state index contributed by atoms with van der Waals surface area (Å²) in [6.45, 7) is 5.88. The standard InChI is InChI=1S/C15H21N5O2/c1-9(14-18-17-10(2)21-14)20-7-3-4-12(8-20)13-16-15(22-19-13)11-5-6-11/h9,11-12H,3-8H2,1-2H3/t9-,12+/m0/s1. The minimum atomic E-state index is 0.124. The fourth-order valence-corrected chi connectivity index (χ4v) is 3.11. The van der Waals surface area contributed by atoms with Crippen LogP contribution in [-0.4, -0.2) is 38.3 Å². The first-order chi connectivity index (χ1) is 10.7. The van der Waals surface area contributed by atoms with Gasteiger partial charge in [-0.25, -0.2) is 0 Å². The Kier molecular flexibility index (Phi) is 3.44. The summed E-state index contributed by atoms with van der Waals surface area (Å²) in [6, 6.07) is 0.124. The third-order valence-corrected chi connectivity index (χ3v) is 4.65. The van der Waals surface area contributed by atoms with Gasteiger partial charge in [0, 0.05) is 25.3 Å². The minimum Gasteiger partial charge on any atom is -0.424 e. The van der Waals surface area contributed by atoms with E-state index in [1.807, 2.05) is 6.92 Å². The predicted octanol–water partition coefficient (Wildman–Crippen LogP) is 2.58. The number of nitrogens with zero attached hydrogens (tertiary/aromatic N) is 5. The van der Waals surface area contributed by atoms with Crippen LogP contribution in [0.2, 0.25) is 0 Å². The third-order valence-electron chi connectivity index (χ3n) is 4.65. The summed E-state index contributed by atoms with van der Waals surface area (Å²) >= 11 is 0. The van der Waals surface area contributed by atoms with E-state index in [2.05, 4.69) is 32.2 Å². The normalized spacial score (nSPS) is 24.5. The molecular weight excluding hydrogens is 282 g/mol. The first-order valence-electron chi connectivity index (χ1n) is 8.08. The molecule has 3 heterocycles. The maximum atomic E-state index is 5.57. The van der Waals surface area contributed by atoms with Gasteiger partial charge in [0.2, 0.25) is 17.7 Å². The lowest BCUT2D eigenvalue weighted by Gasteiger charge is -2.34. The summed E-state index contributed by atoms with van der Waals surface area (Å²) in [7, 11) is 0. The molecule has 1 aliphatic carbocycles. The minimum absolute atomic E-state index is 0.124. The van der Waals surface area contributed by atoms with Crippen molar-refractivity contribution in [3.8, 4) is 0 Å². The Hall–Kier alpha value is -1.76. The van der Waals surface area contributed by atoms with E-state index in [4.69, 9.17) is 8.94 Å². The van der Waals surface area contributed by atoms with Gasteiger partial charge >= 0.3 is 0 Å². The molecule has 2 aliphatic rings. The fourth-order valence-electron chi connectivity index (χ4n) is 3.11. The highest BCUT2D eigenvalue weighted by Gasteiger charge is 2.33. The zero-order valence-corrected chi connectivity index (χ0v) is 13.0. The van der Waals surface area contributed by atoms with Crippen molar-refractivity contribution in [3.63, 3.8) is 0 Å². The van der Waals surface area contributed by atoms with Crippen LogP contribution in [0.3, 0.4) is 0 Å². The van der Waals surface area contributed by atoms with Crippen molar-refractivity contribution < 1.29 is 8.94 Å². The lowest BCUT2D eigenvalue weighted by Crippen LogP contribution is -2.36. The molecule has 0 amide bonds. The van der Waals surface area contributed by atoms with Crippen molar-refractivity contribution in [1.29, 1.82) is 0 Å². The largest absolute Gasteiger partial charge is 0.424 e. The van der Waals surface area contributed by atoms with E-state index in [1.54, 1.807) is 0 Å². The zero-order chi connectivity index (χ0) is 15.1. The van der Waals surface area contributed by atoms with Crippen LogP contribution in [0, 0.1) is 6.92 Å². The second kappa shape index (κ2) is 5.46. The average Bonchev–Trinajstić information content (AvgIpc) is 3.10. The first kappa shape index (κ1) is 13.9. The van der Waals surface area contributed by atoms with Gasteiger partial charge in [-0.15, -0.1) is 10.2 Å². The van der Waals surface area contributed by atoms with Gasteiger partial charge < -0.3 is 8.94 Å². The quantitative estimate of drug-likeness (QED) is 0.858. The number of hydrogen-bond acceptors (Lipinski definition) is 7.